The predicted octanol–water partition coefficient (Wildman–Crippen LogP) is -0.0164. The zero-order valence-corrected chi connectivity index (χ0v) is 6.62. The molecule has 0 spiro atoms. The van der Waals surface area contributed by atoms with E-state index in [4.69, 9.17) is 0 Å². The quantitative estimate of drug-likeness (QED) is 0.592. The van der Waals surface area contributed by atoms with Crippen LogP contribution in [0.1, 0.15) is 6.92 Å². The number of benzene rings is 1. The Bertz CT molecular complexity index is 203. The summed E-state index contributed by atoms with van der Waals surface area (Å²) in [5, 5.41) is 12.3. The van der Waals surface area contributed by atoms with Crippen molar-refractivity contribution >= 4 is 12.5 Å². The van der Waals surface area contributed by atoms with Crippen LogP contribution in [0.2, 0.25) is 0 Å². The fourth-order valence-corrected chi connectivity index (χ4v) is 0.947. The fourth-order valence-electron chi connectivity index (χ4n) is 0.947. The lowest BCUT2D eigenvalue weighted by molar-refractivity contribution is 0.565. The number of rotatable bonds is 3. The summed E-state index contributed by atoms with van der Waals surface area (Å²) in [7, 11) is -0.527. The van der Waals surface area contributed by atoms with Gasteiger partial charge in [0.25, 0.3) is 0 Å². The predicted molar refractivity (Wildman–Crippen MR) is 47.7 cm³/mol. The minimum absolute atomic E-state index is 0.527. The lowest BCUT2D eigenvalue weighted by Crippen LogP contribution is -2.44. The Morgan fingerprint density at radius 3 is 2.55 bits per heavy atom. The van der Waals surface area contributed by atoms with Crippen LogP contribution in [0.4, 0.5) is 0 Å². The highest BCUT2D eigenvalue weighted by molar-refractivity contribution is 6.63. The maximum Gasteiger partial charge on any atom is 0.413 e. The third-order valence-electron chi connectivity index (χ3n) is 1.51. The van der Waals surface area contributed by atoms with Gasteiger partial charge in [-0.2, -0.15) is 0 Å². The molecule has 0 aromatic heterocycles. The van der Waals surface area contributed by atoms with Gasteiger partial charge in [-0.1, -0.05) is 37.3 Å². The van der Waals surface area contributed by atoms with Gasteiger partial charge in [0.2, 0.25) is 0 Å². The number of nitrogens with one attached hydrogen (secondary N) is 1. The summed E-state index contributed by atoms with van der Waals surface area (Å²) in [6, 6.07) is 9.55. The SMILES string of the molecule is CCNB(O)c1ccccc1. The van der Waals surface area contributed by atoms with Crippen LogP contribution in [-0.2, 0) is 0 Å². The van der Waals surface area contributed by atoms with Crippen molar-refractivity contribution in [2.24, 2.45) is 0 Å². The van der Waals surface area contributed by atoms with E-state index >= 15 is 0 Å². The first-order valence-electron chi connectivity index (χ1n) is 3.81. The van der Waals surface area contributed by atoms with E-state index < -0.39 is 7.05 Å². The Kier molecular flexibility index (Phi) is 3.14. The minimum atomic E-state index is -0.527. The first-order valence-corrected chi connectivity index (χ1v) is 3.81. The molecular formula is C8H12BNO. The van der Waals surface area contributed by atoms with Crippen LogP contribution in [0.15, 0.2) is 30.3 Å². The van der Waals surface area contributed by atoms with E-state index in [9.17, 15) is 5.02 Å². The highest BCUT2D eigenvalue weighted by Crippen LogP contribution is 1.82. The van der Waals surface area contributed by atoms with Gasteiger partial charge in [-0.05, 0) is 12.0 Å². The largest absolute Gasteiger partial charge is 0.433 e. The molecule has 58 valence electrons. The molecule has 0 aliphatic heterocycles. The van der Waals surface area contributed by atoms with Crippen molar-refractivity contribution in [2.75, 3.05) is 6.54 Å². The monoisotopic (exact) mass is 149 g/mol. The van der Waals surface area contributed by atoms with Crippen LogP contribution in [0, 0.1) is 0 Å². The summed E-state index contributed by atoms with van der Waals surface area (Å²) in [6.45, 7) is 2.74. The summed E-state index contributed by atoms with van der Waals surface area (Å²) in [5.41, 5.74) is 0.911. The van der Waals surface area contributed by atoms with Crippen LogP contribution in [0.3, 0.4) is 0 Å². The topological polar surface area (TPSA) is 32.3 Å². The highest BCUT2D eigenvalue weighted by atomic mass is 16.2. The average Bonchev–Trinajstić information content (AvgIpc) is 2.07. The van der Waals surface area contributed by atoms with Gasteiger partial charge in [-0.25, -0.2) is 0 Å². The van der Waals surface area contributed by atoms with Crippen LogP contribution < -0.4 is 10.7 Å². The molecule has 2 nitrogen and oxygen atoms in total. The van der Waals surface area contributed by atoms with E-state index in [1.54, 1.807) is 0 Å². The summed E-state index contributed by atoms with van der Waals surface area (Å²) < 4.78 is 0. The molecule has 0 aliphatic carbocycles. The zero-order chi connectivity index (χ0) is 8.10. The molecule has 1 rings (SSSR count). The Labute approximate surface area is 67.4 Å². The van der Waals surface area contributed by atoms with E-state index in [0.717, 1.165) is 12.0 Å². The molecule has 0 amide bonds. The van der Waals surface area contributed by atoms with Crippen molar-refractivity contribution in [3.8, 4) is 0 Å². The molecule has 0 unspecified atom stereocenters. The van der Waals surface area contributed by atoms with Crippen LogP contribution in [-0.4, -0.2) is 18.6 Å². The molecule has 3 heteroatoms. The standard InChI is InChI=1S/C8H12BNO/c1-2-10-9(11)8-6-4-3-5-7-8/h3-7,10-11H,2H2,1H3. The van der Waals surface area contributed by atoms with Crippen LogP contribution >= 0.6 is 0 Å². The van der Waals surface area contributed by atoms with Gasteiger partial charge in [0.1, 0.15) is 0 Å². The normalized spacial score (nSPS) is 9.64. The van der Waals surface area contributed by atoms with Gasteiger partial charge in [0.15, 0.2) is 0 Å². The summed E-state index contributed by atoms with van der Waals surface area (Å²) in [6.07, 6.45) is 0. The minimum Gasteiger partial charge on any atom is -0.433 e. The van der Waals surface area contributed by atoms with Crippen molar-refractivity contribution < 1.29 is 5.02 Å². The van der Waals surface area contributed by atoms with Crippen molar-refractivity contribution in [1.82, 2.24) is 5.23 Å². The van der Waals surface area contributed by atoms with Crippen molar-refractivity contribution in [3.63, 3.8) is 0 Å². The first-order chi connectivity index (χ1) is 5.34. The van der Waals surface area contributed by atoms with Crippen LogP contribution in [0.5, 0.6) is 0 Å². The Hall–Kier alpha value is -0.795. The maximum atomic E-state index is 9.41. The maximum absolute atomic E-state index is 9.41. The molecule has 0 radical (unpaired) electrons. The van der Waals surface area contributed by atoms with Crippen molar-refractivity contribution in [1.29, 1.82) is 0 Å². The lowest BCUT2D eigenvalue weighted by atomic mass is 9.74. The van der Waals surface area contributed by atoms with E-state index in [-0.39, 0.29) is 0 Å². The van der Waals surface area contributed by atoms with E-state index in [1.165, 1.54) is 0 Å². The molecule has 0 aliphatic rings. The van der Waals surface area contributed by atoms with Crippen LogP contribution in [0.25, 0.3) is 0 Å². The summed E-state index contributed by atoms with van der Waals surface area (Å²) >= 11 is 0. The second-order valence-corrected chi connectivity index (χ2v) is 2.37. The van der Waals surface area contributed by atoms with Crippen molar-refractivity contribution in [2.45, 2.75) is 6.92 Å². The Morgan fingerprint density at radius 1 is 1.36 bits per heavy atom. The van der Waals surface area contributed by atoms with Gasteiger partial charge < -0.3 is 10.3 Å². The molecule has 2 N–H and O–H groups in total. The third kappa shape index (κ3) is 2.37. The van der Waals surface area contributed by atoms with Gasteiger partial charge in [-0.15, -0.1) is 0 Å². The Balaban J connectivity index is 2.61. The van der Waals surface area contributed by atoms with Gasteiger partial charge in [0.05, 0.1) is 0 Å². The summed E-state index contributed by atoms with van der Waals surface area (Å²) in [5.74, 6) is 0. The van der Waals surface area contributed by atoms with Crippen molar-refractivity contribution in [3.05, 3.63) is 30.3 Å². The molecule has 11 heavy (non-hydrogen) atoms. The highest BCUT2D eigenvalue weighted by Gasteiger charge is 2.10. The van der Waals surface area contributed by atoms with E-state index in [2.05, 4.69) is 5.23 Å². The molecule has 0 fully saturated rings. The molecule has 0 bridgehead atoms. The fraction of sp³-hybridized carbons (Fsp3) is 0.250. The van der Waals surface area contributed by atoms with E-state index in [1.807, 2.05) is 37.3 Å². The second-order valence-electron chi connectivity index (χ2n) is 2.37. The smallest absolute Gasteiger partial charge is 0.413 e. The van der Waals surface area contributed by atoms with Gasteiger partial charge in [-0.3, -0.25) is 0 Å². The average molecular weight is 149 g/mol. The van der Waals surface area contributed by atoms with Gasteiger partial charge >= 0.3 is 7.05 Å². The second kappa shape index (κ2) is 4.16. The van der Waals surface area contributed by atoms with Gasteiger partial charge in [0, 0.05) is 0 Å². The third-order valence-corrected chi connectivity index (χ3v) is 1.51. The molecule has 0 saturated heterocycles. The number of hydrogen-bond acceptors (Lipinski definition) is 2. The molecule has 1 aromatic rings. The summed E-state index contributed by atoms with van der Waals surface area (Å²) in [4.78, 5) is 0. The lowest BCUT2D eigenvalue weighted by Gasteiger charge is -2.05. The molecule has 0 saturated carbocycles. The molecule has 0 heterocycles. The first kappa shape index (κ1) is 8.30. The number of hydrogen-bond donors (Lipinski definition) is 2. The zero-order valence-electron chi connectivity index (χ0n) is 6.62. The van der Waals surface area contributed by atoms with E-state index in [0.29, 0.717) is 0 Å². The molecule has 1 aromatic carbocycles. The molecular weight excluding hydrogens is 137 g/mol. The molecule has 0 atom stereocenters. The Morgan fingerprint density at radius 2 is 2.00 bits per heavy atom.